The van der Waals surface area contributed by atoms with Gasteiger partial charge in [0.15, 0.2) is 0 Å². The normalized spacial score (nSPS) is 14.3. The maximum absolute atomic E-state index is 5.89. The summed E-state index contributed by atoms with van der Waals surface area (Å²) in [6, 6.07) is 10.7. The van der Waals surface area contributed by atoms with E-state index in [2.05, 4.69) is 42.2 Å². The van der Waals surface area contributed by atoms with Gasteiger partial charge in [0.1, 0.15) is 5.75 Å². The summed E-state index contributed by atoms with van der Waals surface area (Å²) >= 11 is 0. The third kappa shape index (κ3) is 4.84. The summed E-state index contributed by atoms with van der Waals surface area (Å²) in [5.41, 5.74) is 9.61. The Morgan fingerprint density at radius 3 is 2.35 bits per heavy atom. The van der Waals surface area contributed by atoms with Gasteiger partial charge in [-0.3, -0.25) is 4.98 Å². The molecule has 0 saturated heterocycles. The predicted octanol–water partition coefficient (Wildman–Crippen LogP) is 4.27. The second-order valence-corrected chi connectivity index (χ2v) is 5.95. The first-order chi connectivity index (χ1) is 10.2. The number of nitrogens with two attached hydrogens (primary N) is 1. The van der Waals surface area contributed by atoms with Crippen molar-refractivity contribution in [2.24, 2.45) is 11.1 Å². The van der Waals surface area contributed by atoms with Crippen LogP contribution in [0.3, 0.4) is 0 Å². The standard InChI is InChI=1S/C18H22N2O.2ClH/c1-2-14-3-5-15(6-4-14)16-9-17(11-20-10-16)21-13-18(12-19)7-8-18;;/h3-6,9-11H,2,7-8,12-13,19H2,1H3;2*1H. The molecule has 126 valence electrons. The lowest BCUT2D eigenvalue weighted by atomic mass is 10.0. The molecule has 1 heterocycles. The van der Waals surface area contributed by atoms with Gasteiger partial charge in [0, 0.05) is 23.7 Å². The molecule has 0 bridgehead atoms. The van der Waals surface area contributed by atoms with Crippen molar-refractivity contribution in [3.8, 4) is 16.9 Å². The van der Waals surface area contributed by atoms with Gasteiger partial charge in [-0.15, -0.1) is 24.8 Å². The summed E-state index contributed by atoms with van der Waals surface area (Å²) in [7, 11) is 0. The van der Waals surface area contributed by atoms with Crippen LogP contribution in [-0.2, 0) is 6.42 Å². The lowest BCUT2D eigenvalue weighted by molar-refractivity contribution is 0.238. The summed E-state index contributed by atoms with van der Waals surface area (Å²) in [6.07, 6.45) is 7.06. The van der Waals surface area contributed by atoms with E-state index in [1.807, 2.05) is 6.20 Å². The van der Waals surface area contributed by atoms with Crippen molar-refractivity contribution in [1.29, 1.82) is 0 Å². The average Bonchev–Trinajstić information content (AvgIpc) is 3.34. The van der Waals surface area contributed by atoms with Crippen LogP contribution in [0.5, 0.6) is 5.75 Å². The molecule has 1 aliphatic rings. The average molecular weight is 355 g/mol. The smallest absolute Gasteiger partial charge is 0.138 e. The van der Waals surface area contributed by atoms with Gasteiger partial charge in [0.25, 0.3) is 0 Å². The Balaban J connectivity index is 0.00000132. The molecular formula is C18H24Cl2N2O. The summed E-state index contributed by atoms with van der Waals surface area (Å²) in [4.78, 5) is 4.29. The van der Waals surface area contributed by atoms with Crippen LogP contribution >= 0.6 is 24.8 Å². The number of benzene rings is 1. The number of aromatic nitrogens is 1. The first kappa shape index (κ1) is 19.8. The van der Waals surface area contributed by atoms with Crippen molar-refractivity contribution in [2.75, 3.05) is 13.2 Å². The molecule has 0 amide bonds. The molecule has 1 aromatic carbocycles. The molecule has 3 rings (SSSR count). The van der Waals surface area contributed by atoms with Gasteiger partial charge in [0.05, 0.1) is 12.8 Å². The van der Waals surface area contributed by atoms with Crippen LogP contribution in [0, 0.1) is 5.41 Å². The third-order valence-electron chi connectivity index (χ3n) is 4.34. The molecule has 0 aliphatic heterocycles. The van der Waals surface area contributed by atoms with Crippen molar-refractivity contribution in [3.05, 3.63) is 48.3 Å². The highest BCUT2D eigenvalue weighted by Crippen LogP contribution is 2.44. The van der Waals surface area contributed by atoms with E-state index in [1.54, 1.807) is 6.20 Å². The Hall–Kier alpha value is -1.29. The van der Waals surface area contributed by atoms with Crippen molar-refractivity contribution in [1.82, 2.24) is 4.98 Å². The molecule has 0 atom stereocenters. The highest BCUT2D eigenvalue weighted by atomic mass is 35.5. The Kier molecular flexibility index (Phi) is 7.33. The van der Waals surface area contributed by atoms with Crippen molar-refractivity contribution in [2.45, 2.75) is 26.2 Å². The molecule has 2 aromatic rings. The third-order valence-corrected chi connectivity index (χ3v) is 4.34. The zero-order valence-corrected chi connectivity index (χ0v) is 15.0. The first-order valence-corrected chi connectivity index (χ1v) is 7.62. The maximum Gasteiger partial charge on any atom is 0.138 e. The lowest BCUT2D eigenvalue weighted by Crippen LogP contribution is -2.22. The Morgan fingerprint density at radius 2 is 1.78 bits per heavy atom. The molecule has 0 unspecified atom stereocenters. The lowest BCUT2D eigenvalue weighted by Gasteiger charge is -2.14. The van der Waals surface area contributed by atoms with Crippen LogP contribution in [0.15, 0.2) is 42.7 Å². The van der Waals surface area contributed by atoms with Crippen LogP contribution in [0.25, 0.3) is 11.1 Å². The summed E-state index contributed by atoms with van der Waals surface area (Å²) in [5, 5.41) is 0. The number of nitrogens with zero attached hydrogens (tertiary/aromatic N) is 1. The van der Waals surface area contributed by atoms with Crippen LogP contribution in [0.2, 0.25) is 0 Å². The number of hydrogen-bond acceptors (Lipinski definition) is 3. The van der Waals surface area contributed by atoms with Crippen LogP contribution in [-0.4, -0.2) is 18.1 Å². The minimum absolute atomic E-state index is 0. The zero-order chi connectivity index (χ0) is 14.7. The van der Waals surface area contributed by atoms with E-state index in [0.717, 1.165) is 17.7 Å². The van der Waals surface area contributed by atoms with Crippen LogP contribution < -0.4 is 10.5 Å². The predicted molar refractivity (Wildman–Crippen MR) is 99.8 cm³/mol. The fraction of sp³-hybridized carbons (Fsp3) is 0.389. The number of aryl methyl sites for hydroxylation is 1. The fourth-order valence-corrected chi connectivity index (χ4v) is 2.41. The van der Waals surface area contributed by atoms with Crippen LogP contribution in [0.4, 0.5) is 0 Å². The van der Waals surface area contributed by atoms with E-state index in [-0.39, 0.29) is 30.2 Å². The quantitative estimate of drug-likeness (QED) is 0.842. The van der Waals surface area contributed by atoms with Crippen LogP contribution in [0.1, 0.15) is 25.3 Å². The summed E-state index contributed by atoms with van der Waals surface area (Å²) in [6.45, 7) is 3.57. The Labute approximate surface area is 150 Å². The van der Waals surface area contributed by atoms with E-state index >= 15 is 0 Å². The Morgan fingerprint density at radius 1 is 1.09 bits per heavy atom. The van der Waals surface area contributed by atoms with E-state index in [1.165, 1.54) is 24.0 Å². The van der Waals surface area contributed by atoms with Gasteiger partial charge >= 0.3 is 0 Å². The molecule has 0 spiro atoms. The molecule has 1 saturated carbocycles. The second-order valence-electron chi connectivity index (χ2n) is 5.95. The molecule has 23 heavy (non-hydrogen) atoms. The topological polar surface area (TPSA) is 48.1 Å². The van der Waals surface area contributed by atoms with Gasteiger partial charge in [-0.1, -0.05) is 31.2 Å². The first-order valence-electron chi connectivity index (χ1n) is 7.62. The van der Waals surface area contributed by atoms with Gasteiger partial charge in [-0.05, 0) is 36.5 Å². The summed E-state index contributed by atoms with van der Waals surface area (Å²) in [5.74, 6) is 0.826. The van der Waals surface area contributed by atoms with Gasteiger partial charge < -0.3 is 10.5 Å². The monoisotopic (exact) mass is 354 g/mol. The largest absolute Gasteiger partial charge is 0.491 e. The number of ether oxygens (including phenoxy) is 1. The highest BCUT2D eigenvalue weighted by Gasteiger charge is 2.42. The van der Waals surface area contributed by atoms with E-state index in [4.69, 9.17) is 10.5 Å². The number of rotatable bonds is 6. The minimum atomic E-state index is 0. The fourth-order valence-electron chi connectivity index (χ4n) is 2.41. The molecule has 5 heteroatoms. The number of hydrogen-bond donors (Lipinski definition) is 1. The highest BCUT2D eigenvalue weighted by molar-refractivity contribution is 5.85. The van der Waals surface area contributed by atoms with Crippen molar-refractivity contribution < 1.29 is 4.74 Å². The molecule has 1 aliphatic carbocycles. The number of halogens is 2. The maximum atomic E-state index is 5.89. The summed E-state index contributed by atoms with van der Waals surface area (Å²) < 4.78 is 5.89. The van der Waals surface area contributed by atoms with E-state index in [9.17, 15) is 0 Å². The molecule has 1 fully saturated rings. The zero-order valence-electron chi connectivity index (χ0n) is 13.3. The molecule has 1 aromatic heterocycles. The SMILES string of the molecule is CCc1ccc(-c2cncc(OCC3(CN)CC3)c2)cc1.Cl.Cl. The molecule has 3 nitrogen and oxygen atoms in total. The van der Waals surface area contributed by atoms with Gasteiger partial charge in [-0.2, -0.15) is 0 Å². The van der Waals surface area contributed by atoms with E-state index in [0.29, 0.717) is 13.2 Å². The van der Waals surface area contributed by atoms with Crippen molar-refractivity contribution >= 4 is 24.8 Å². The van der Waals surface area contributed by atoms with Crippen molar-refractivity contribution in [3.63, 3.8) is 0 Å². The molecule has 2 N–H and O–H groups in total. The Bertz CT molecular complexity index is 613. The number of pyridine rings is 1. The molecule has 0 radical (unpaired) electrons. The minimum Gasteiger partial charge on any atom is -0.491 e. The van der Waals surface area contributed by atoms with Gasteiger partial charge in [-0.25, -0.2) is 0 Å². The second kappa shape index (κ2) is 8.53. The molecular weight excluding hydrogens is 331 g/mol. The van der Waals surface area contributed by atoms with E-state index < -0.39 is 0 Å². The van der Waals surface area contributed by atoms with Gasteiger partial charge in [0.2, 0.25) is 0 Å².